The van der Waals surface area contributed by atoms with Crippen molar-refractivity contribution >= 4 is 20.3 Å². The molecule has 0 fully saturated rings. The van der Waals surface area contributed by atoms with Gasteiger partial charge in [-0.15, -0.1) is 39.3 Å². The van der Waals surface area contributed by atoms with E-state index in [4.69, 9.17) is 0 Å². The number of hydrogen-bond donors (Lipinski definition) is 0. The molecule has 0 radical (unpaired) electrons. The van der Waals surface area contributed by atoms with Gasteiger partial charge in [-0.25, -0.2) is 0 Å². The van der Waals surface area contributed by atoms with E-state index in [1.807, 2.05) is 24.3 Å². The second-order valence-corrected chi connectivity index (χ2v) is 8.71. The molecule has 0 heterocycles. The predicted molar refractivity (Wildman–Crippen MR) is 132 cm³/mol. The molecule has 0 N–H and O–H groups in total. The van der Waals surface area contributed by atoms with Gasteiger partial charge in [0.2, 0.25) is 0 Å². The Hall–Kier alpha value is 0.586. The van der Waals surface area contributed by atoms with Crippen LogP contribution in [0.15, 0.2) is 24.3 Å². The molecule has 1 aromatic carbocycles. The summed E-state index contributed by atoms with van der Waals surface area (Å²) in [7, 11) is 0. The molecule has 0 bridgehead atoms. The summed E-state index contributed by atoms with van der Waals surface area (Å²) in [4.78, 5) is 0. The topological polar surface area (TPSA) is 42.3 Å². The molecule has 0 saturated heterocycles. The van der Waals surface area contributed by atoms with Crippen molar-refractivity contribution in [1.29, 1.82) is 0 Å². The Labute approximate surface area is 208 Å². The minimum Gasteiger partial charge on any atom is 4.00 e. The first-order valence-electron chi connectivity index (χ1n) is 11.3. The molecule has 29 heavy (non-hydrogen) atoms. The summed E-state index contributed by atoms with van der Waals surface area (Å²) < 4.78 is 12.7. The van der Waals surface area contributed by atoms with Crippen molar-refractivity contribution in [3.63, 3.8) is 0 Å². The van der Waals surface area contributed by atoms with Gasteiger partial charge >= 0.3 is 74.3 Å². The first-order chi connectivity index (χ1) is 13.7. The molecule has 6 heteroatoms. The summed E-state index contributed by atoms with van der Waals surface area (Å²) in [5.74, 6) is 0. The van der Waals surface area contributed by atoms with E-state index in [9.17, 15) is 3.50 Å². The summed E-state index contributed by atoms with van der Waals surface area (Å²) in [5, 5.41) is 12.6. The van der Waals surface area contributed by atoms with Crippen LogP contribution in [0.5, 0.6) is 0 Å². The third-order valence-electron chi connectivity index (χ3n) is 3.18. The van der Waals surface area contributed by atoms with Crippen molar-refractivity contribution in [2.45, 2.75) is 80.1 Å². The van der Waals surface area contributed by atoms with Crippen LogP contribution in [0.1, 0.15) is 80.1 Å². The molecule has 0 aliphatic heterocycles. The van der Waals surface area contributed by atoms with Crippen LogP contribution in [-0.4, -0.2) is 55.2 Å². The van der Waals surface area contributed by atoms with E-state index in [1.165, 1.54) is 38.5 Å². The third-order valence-corrected chi connectivity index (χ3v) is 4.81. The van der Waals surface area contributed by atoms with E-state index in [-0.39, 0.29) is 26.2 Å². The van der Waals surface area contributed by atoms with Crippen molar-refractivity contribution in [3.8, 4) is 0 Å². The summed E-state index contributed by atoms with van der Waals surface area (Å²) in [6.07, 6.45) is 7.17. The second-order valence-electron chi connectivity index (χ2n) is 6.44. The normalized spacial score (nSPS) is 9.48. The van der Waals surface area contributed by atoms with Gasteiger partial charge in [0, 0.05) is 0 Å². The van der Waals surface area contributed by atoms with Gasteiger partial charge < -0.3 is 16.0 Å². The number of halogens is 1. The summed E-state index contributed by atoms with van der Waals surface area (Å²) in [5.41, 5.74) is 0. The Morgan fingerprint density at radius 1 is 0.586 bits per heavy atom. The fourth-order valence-corrected chi connectivity index (χ4v) is 2.73. The van der Waals surface area contributed by atoms with Crippen LogP contribution in [0.4, 0.5) is 3.50 Å². The van der Waals surface area contributed by atoms with Crippen molar-refractivity contribution in [2.24, 2.45) is 0 Å². The molecule has 0 aliphatic rings. The maximum atomic E-state index is 11.7. The zero-order chi connectivity index (χ0) is 21.7. The average molecular weight is 549 g/mol. The minimum absolute atomic E-state index is 0. The molecular weight excluding hydrogens is 501 g/mol. The van der Waals surface area contributed by atoms with Gasteiger partial charge in [-0.2, -0.15) is 0 Å². The third kappa shape index (κ3) is 43.4. The van der Waals surface area contributed by atoms with Gasteiger partial charge in [-0.05, 0) is 0 Å². The molecule has 0 aromatic heterocycles. The molecular formula is C23H48FGeN3Zr. The molecule has 1 rings (SSSR count). The monoisotopic (exact) mass is 549 g/mol. The van der Waals surface area contributed by atoms with Gasteiger partial charge in [0.1, 0.15) is 0 Å². The molecule has 170 valence electrons. The van der Waals surface area contributed by atoms with Crippen molar-refractivity contribution in [3.05, 3.63) is 40.2 Å². The standard InChI is InChI=1S/3C6H14N.C5H6FGe.Zr/c3*1-3-5-7-6-4-2;6-7-5-3-1-2-4-5;/h3*3-6H2,1-2H3;1-4H,7H2;/q4*-1;+4. The van der Waals surface area contributed by atoms with E-state index in [2.05, 4.69) is 57.5 Å². The fourth-order valence-electron chi connectivity index (χ4n) is 1.79. The zero-order valence-corrected chi connectivity index (χ0v) is 25.6. The van der Waals surface area contributed by atoms with Gasteiger partial charge in [0.05, 0.1) is 0 Å². The molecule has 0 saturated carbocycles. The Bertz CT molecular complexity index is 292. The van der Waals surface area contributed by atoms with Crippen molar-refractivity contribution < 1.29 is 29.7 Å². The largest absolute Gasteiger partial charge is 4.00 e. The van der Waals surface area contributed by atoms with Crippen LogP contribution in [0.25, 0.3) is 16.0 Å². The number of rotatable bonds is 13. The molecule has 0 unspecified atom stereocenters. The van der Waals surface area contributed by atoms with Gasteiger partial charge in [0.25, 0.3) is 0 Å². The first kappa shape index (κ1) is 36.9. The Morgan fingerprint density at radius 2 is 0.828 bits per heavy atom. The van der Waals surface area contributed by atoms with Crippen LogP contribution in [0.2, 0.25) is 0 Å². The molecule has 1 aromatic rings. The summed E-state index contributed by atoms with van der Waals surface area (Å²) in [6.45, 7) is 19.2. The maximum Gasteiger partial charge on any atom is 4.00 e. The number of hydrogen-bond acceptors (Lipinski definition) is 0. The Morgan fingerprint density at radius 3 is 0.966 bits per heavy atom. The van der Waals surface area contributed by atoms with Gasteiger partial charge in [-0.3, -0.25) is 0 Å². The summed E-state index contributed by atoms with van der Waals surface area (Å²) >= 11 is -1.73. The van der Waals surface area contributed by atoms with Crippen LogP contribution < -0.4 is 4.40 Å². The Balaban J connectivity index is -0.000000142. The van der Waals surface area contributed by atoms with Crippen molar-refractivity contribution in [1.82, 2.24) is 0 Å². The summed E-state index contributed by atoms with van der Waals surface area (Å²) in [6, 6.07) is 7.44. The maximum absolute atomic E-state index is 11.7. The smallest absolute Gasteiger partial charge is 4.00 e. The first-order valence-corrected chi connectivity index (χ1v) is 13.9. The van der Waals surface area contributed by atoms with Gasteiger partial charge in [-0.1, -0.05) is 80.1 Å². The second kappa shape index (κ2) is 39.1. The van der Waals surface area contributed by atoms with E-state index >= 15 is 0 Å². The predicted octanol–water partition coefficient (Wildman–Crippen LogP) is 6.62. The van der Waals surface area contributed by atoms with Crippen LogP contribution in [0, 0.1) is 0 Å². The van der Waals surface area contributed by atoms with E-state index in [1.54, 1.807) is 0 Å². The van der Waals surface area contributed by atoms with Crippen LogP contribution in [-0.2, 0) is 26.2 Å². The van der Waals surface area contributed by atoms with Crippen LogP contribution in [0.3, 0.4) is 0 Å². The quantitative estimate of drug-likeness (QED) is 0.151. The van der Waals surface area contributed by atoms with Crippen LogP contribution >= 0.6 is 0 Å². The van der Waals surface area contributed by atoms with E-state index < -0.39 is 15.9 Å². The number of nitrogens with zero attached hydrogens (tertiary/aromatic N) is 3. The molecule has 0 amide bonds. The van der Waals surface area contributed by atoms with Crippen molar-refractivity contribution in [2.75, 3.05) is 39.3 Å². The fraction of sp³-hybridized carbons (Fsp3) is 0.783. The van der Waals surface area contributed by atoms with E-state index in [0.29, 0.717) is 0 Å². The molecule has 0 spiro atoms. The Kier molecular flexibility index (Phi) is 49.8. The molecule has 0 atom stereocenters. The average Bonchev–Trinajstić information content (AvgIpc) is 3.25. The minimum atomic E-state index is -1.73. The van der Waals surface area contributed by atoms with Gasteiger partial charge in [0.15, 0.2) is 0 Å². The van der Waals surface area contributed by atoms with E-state index in [0.717, 1.165) is 43.7 Å². The molecule has 3 nitrogen and oxygen atoms in total. The molecule has 0 aliphatic carbocycles. The zero-order valence-electron chi connectivity index (χ0n) is 20.2. The SMILES string of the molecule is CCC[N-]CCC.CCC[N-]CCC.CCC[N-]CCC.[F][GeH2][c-]1cccc1.[Zr+4].